The summed E-state index contributed by atoms with van der Waals surface area (Å²) in [7, 11) is 5.66. The minimum Gasteiger partial charge on any atom is -0.465 e. The van der Waals surface area contributed by atoms with E-state index in [1.165, 1.54) is 0 Å². The van der Waals surface area contributed by atoms with Gasteiger partial charge in [0.15, 0.2) is 5.82 Å². The highest BCUT2D eigenvalue weighted by Crippen LogP contribution is 2.12. The van der Waals surface area contributed by atoms with Crippen LogP contribution in [0.1, 0.15) is 24.4 Å². The van der Waals surface area contributed by atoms with Gasteiger partial charge in [-0.05, 0) is 39.1 Å². The molecule has 0 atom stereocenters. The highest BCUT2D eigenvalue weighted by molar-refractivity contribution is 5.07. The van der Waals surface area contributed by atoms with E-state index in [0.717, 1.165) is 43.5 Å². The van der Waals surface area contributed by atoms with E-state index in [9.17, 15) is 10.1 Å². The first-order valence-corrected chi connectivity index (χ1v) is 7.00. The molecule has 7 heteroatoms. The lowest BCUT2D eigenvalue weighted by Crippen LogP contribution is -2.25. The van der Waals surface area contributed by atoms with E-state index in [4.69, 9.17) is 4.42 Å². The maximum atomic E-state index is 10.4. The van der Waals surface area contributed by atoms with Gasteiger partial charge in [0.2, 0.25) is 0 Å². The van der Waals surface area contributed by atoms with Gasteiger partial charge in [-0.2, -0.15) is 0 Å². The van der Waals surface area contributed by atoms with Crippen LogP contribution in [-0.2, 0) is 13.0 Å². The Bertz CT molecular complexity index is 469. The Hall–Kier alpha value is -2.02. The van der Waals surface area contributed by atoms with E-state index >= 15 is 0 Å². The van der Waals surface area contributed by atoms with E-state index in [1.54, 1.807) is 7.05 Å². The Kier molecular flexibility index (Phi) is 7.31. The fourth-order valence-electron chi connectivity index (χ4n) is 1.90. The van der Waals surface area contributed by atoms with Gasteiger partial charge in [0, 0.05) is 20.0 Å². The molecule has 0 aliphatic rings. The molecule has 1 aromatic rings. The predicted octanol–water partition coefficient (Wildman–Crippen LogP) is 1.55. The number of unbranched alkanes of at least 4 members (excludes halogenated alkanes) is 1. The van der Waals surface area contributed by atoms with Crippen molar-refractivity contribution < 1.29 is 9.34 Å². The van der Waals surface area contributed by atoms with E-state index in [0.29, 0.717) is 12.4 Å². The summed E-state index contributed by atoms with van der Waals surface area (Å²) >= 11 is 0. The average Bonchev–Trinajstić information content (AvgIpc) is 2.83. The van der Waals surface area contributed by atoms with E-state index in [-0.39, 0.29) is 0 Å². The topological polar surface area (TPSA) is 83.6 Å². The fraction of sp³-hybridized carbons (Fsp3) is 0.571. The highest BCUT2D eigenvalue weighted by Gasteiger charge is 2.03. The summed E-state index contributed by atoms with van der Waals surface area (Å²) in [5.74, 6) is 2.38. The van der Waals surface area contributed by atoms with E-state index < -0.39 is 4.92 Å². The normalized spacial score (nSPS) is 11.7. The standard InChI is InChI=1S/C14H24N4O3/c1-15-14(11-18(19)20)16-9-5-4-6-12-7-8-13(21-12)10-17(2)3/h7-8,11,15-16H,4-6,9-10H2,1-3H3. The zero-order chi connectivity index (χ0) is 15.7. The molecule has 2 N–H and O–H groups in total. The molecule has 0 fully saturated rings. The second-order valence-corrected chi connectivity index (χ2v) is 5.07. The number of nitrogens with one attached hydrogen (secondary N) is 2. The minimum atomic E-state index is -0.478. The van der Waals surface area contributed by atoms with Crippen molar-refractivity contribution in [3.05, 3.63) is 45.8 Å². The monoisotopic (exact) mass is 296 g/mol. The largest absolute Gasteiger partial charge is 0.465 e. The van der Waals surface area contributed by atoms with Crippen LogP contribution in [0, 0.1) is 10.1 Å². The third kappa shape index (κ3) is 7.36. The summed E-state index contributed by atoms with van der Waals surface area (Å²) < 4.78 is 5.72. The number of nitrogens with zero attached hydrogens (tertiary/aromatic N) is 2. The number of hydrogen-bond acceptors (Lipinski definition) is 6. The van der Waals surface area contributed by atoms with E-state index in [1.807, 2.05) is 26.2 Å². The van der Waals surface area contributed by atoms with Gasteiger partial charge < -0.3 is 20.0 Å². The molecule has 0 amide bonds. The van der Waals surface area contributed by atoms with Crippen LogP contribution in [0.4, 0.5) is 0 Å². The van der Waals surface area contributed by atoms with Crippen molar-refractivity contribution in [2.24, 2.45) is 0 Å². The quantitative estimate of drug-likeness (QED) is 0.387. The maximum Gasteiger partial charge on any atom is 0.274 e. The third-order valence-electron chi connectivity index (χ3n) is 2.86. The molecule has 0 radical (unpaired) electrons. The van der Waals surface area contributed by atoms with Gasteiger partial charge in [0.05, 0.1) is 11.5 Å². The predicted molar refractivity (Wildman–Crippen MR) is 81.2 cm³/mol. The minimum absolute atomic E-state index is 0.422. The smallest absolute Gasteiger partial charge is 0.274 e. The first kappa shape index (κ1) is 17.0. The molecular weight excluding hydrogens is 272 g/mol. The van der Waals surface area contributed by atoms with Crippen molar-refractivity contribution in [1.29, 1.82) is 0 Å². The summed E-state index contributed by atoms with van der Waals surface area (Å²) in [6, 6.07) is 4.02. The summed E-state index contributed by atoms with van der Waals surface area (Å²) in [5.41, 5.74) is 0. The lowest BCUT2D eigenvalue weighted by atomic mass is 10.2. The van der Waals surface area contributed by atoms with Crippen molar-refractivity contribution >= 4 is 0 Å². The van der Waals surface area contributed by atoms with Crippen molar-refractivity contribution in [3.8, 4) is 0 Å². The molecule has 118 valence electrons. The first-order valence-electron chi connectivity index (χ1n) is 7.00. The molecule has 1 heterocycles. The number of hydrogen-bond donors (Lipinski definition) is 2. The van der Waals surface area contributed by atoms with Crippen LogP contribution < -0.4 is 10.6 Å². The van der Waals surface area contributed by atoms with Crippen LogP contribution in [0.5, 0.6) is 0 Å². The molecule has 21 heavy (non-hydrogen) atoms. The van der Waals surface area contributed by atoms with Gasteiger partial charge in [-0.1, -0.05) is 0 Å². The van der Waals surface area contributed by atoms with Crippen LogP contribution in [0.15, 0.2) is 28.6 Å². The Morgan fingerprint density at radius 1 is 1.38 bits per heavy atom. The number of aryl methyl sites for hydroxylation is 1. The lowest BCUT2D eigenvalue weighted by molar-refractivity contribution is -0.404. The number of nitro groups is 1. The molecule has 0 saturated heterocycles. The average molecular weight is 296 g/mol. The van der Waals surface area contributed by atoms with Crippen molar-refractivity contribution in [2.75, 3.05) is 27.7 Å². The van der Waals surface area contributed by atoms with Gasteiger partial charge >= 0.3 is 0 Å². The molecule has 0 unspecified atom stereocenters. The van der Waals surface area contributed by atoms with Gasteiger partial charge in [0.25, 0.3) is 6.20 Å². The number of furan rings is 1. The highest BCUT2D eigenvalue weighted by atomic mass is 16.6. The molecule has 0 aliphatic heterocycles. The zero-order valence-corrected chi connectivity index (χ0v) is 12.9. The summed E-state index contributed by atoms with van der Waals surface area (Å²) in [6.07, 6.45) is 3.70. The van der Waals surface area contributed by atoms with E-state index in [2.05, 4.69) is 15.5 Å². The Labute approximate surface area is 125 Å². The summed E-state index contributed by atoms with van der Waals surface area (Å²) in [4.78, 5) is 11.9. The maximum absolute atomic E-state index is 10.4. The molecule has 1 rings (SSSR count). The number of rotatable bonds is 10. The Morgan fingerprint density at radius 3 is 2.71 bits per heavy atom. The Balaban J connectivity index is 2.22. The molecule has 7 nitrogen and oxygen atoms in total. The summed E-state index contributed by atoms with van der Waals surface area (Å²) in [6.45, 7) is 1.49. The van der Waals surface area contributed by atoms with Crippen LogP contribution >= 0.6 is 0 Å². The SMILES string of the molecule is CNC(=C[N+](=O)[O-])NCCCCc1ccc(CN(C)C)o1. The Morgan fingerprint density at radius 2 is 2.10 bits per heavy atom. The molecule has 0 bridgehead atoms. The third-order valence-corrected chi connectivity index (χ3v) is 2.86. The first-order chi connectivity index (χ1) is 10.0. The van der Waals surface area contributed by atoms with Gasteiger partial charge in [-0.15, -0.1) is 0 Å². The van der Waals surface area contributed by atoms with Gasteiger partial charge in [-0.25, -0.2) is 0 Å². The van der Waals surface area contributed by atoms with Crippen LogP contribution in [0.2, 0.25) is 0 Å². The van der Waals surface area contributed by atoms with Gasteiger partial charge in [-0.3, -0.25) is 10.1 Å². The molecule has 0 spiro atoms. The lowest BCUT2D eigenvalue weighted by Gasteiger charge is -2.07. The summed E-state index contributed by atoms with van der Waals surface area (Å²) in [5, 5.41) is 16.1. The van der Waals surface area contributed by atoms with Crippen molar-refractivity contribution in [2.45, 2.75) is 25.8 Å². The molecular formula is C14H24N4O3. The van der Waals surface area contributed by atoms with Crippen LogP contribution in [-0.4, -0.2) is 37.5 Å². The fourth-order valence-corrected chi connectivity index (χ4v) is 1.90. The van der Waals surface area contributed by atoms with Crippen LogP contribution in [0.25, 0.3) is 0 Å². The van der Waals surface area contributed by atoms with Crippen molar-refractivity contribution in [3.63, 3.8) is 0 Å². The zero-order valence-electron chi connectivity index (χ0n) is 12.9. The second-order valence-electron chi connectivity index (χ2n) is 5.07. The van der Waals surface area contributed by atoms with Crippen molar-refractivity contribution in [1.82, 2.24) is 15.5 Å². The molecule has 0 aromatic carbocycles. The van der Waals surface area contributed by atoms with Gasteiger partial charge in [0.1, 0.15) is 11.5 Å². The second kappa shape index (κ2) is 9.02. The molecule has 1 aromatic heterocycles. The van der Waals surface area contributed by atoms with Crippen LogP contribution in [0.3, 0.4) is 0 Å². The molecule has 0 aliphatic carbocycles. The molecule has 0 saturated carbocycles.